The van der Waals surface area contributed by atoms with Crippen LogP contribution in [-0.2, 0) is 0 Å². The Hall–Kier alpha value is -0.500. The summed E-state index contributed by atoms with van der Waals surface area (Å²) in [7, 11) is 0. The van der Waals surface area contributed by atoms with Gasteiger partial charge in [0, 0.05) is 6.54 Å². The molecule has 0 fully saturated rings. The predicted octanol–water partition coefficient (Wildman–Crippen LogP) is 2.97. The fourth-order valence-electron chi connectivity index (χ4n) is 0.844. The van der Waals surface area contributed by atoms with E-state index in [9.17, 15) is 0 Å². The van der Waals surface area contributed by atoms with E-state index in [1.54, 1.807) is 6.07 Å². The van der Waals surface area contributed by atoms with Crippen LogP contribution in [0.15, 0.2) is 24.3 Å². The van der Waals surface area contributed by atoms with Gasteiger partial charge in [-0.25, -0.2) is 0 Å². The summed E-state index contributed by atoms with van der Waals surface area (Å²) in [4.78, 5) is 0. The first-order valence-corrected chi connectivity index (χ1v) is 4.32. The largest absolute Gasteiger partial charge is 0.327 e. The van der Waals surface area contributed by atoms with E-state index in [-0.39, 0.29) is 0 Å². The predicted molar refractivity (Wildman–Crippen MR) is 54.6 cm³/mol. The molecule has 64 valence electrons. The second-order valence-corrected chi connectivity index (χ2v) is 3.07. The average Bonchev–Trinajstić information content (AvgIpc) is 2.08. The smallest absolute Gasteiger partial charge is 0.0664 e. The molecule has 0 amide bonds. The Balaban J connectivity index is 3.00. The third-order valence-corrected chi connectivity index (χ3v) is 2.25. The quantitative estimate of drug-likeness (QED) is 0.783. The van der Waals surface area contributed by atoms with Crippen LogP contribution in [0, 0.1) is 0 Å². The van der Waals surface area contributed by atoms with E-state index in [0.717, 1.165) is 5.56 Å². The van der Waals surface area contributed by atoms with E-state index in [1.807, 2.05) is 24.3 Å². The minimum Gasteiger partial charge on any atom is -0.327 e. The van der Waals surface area contributed by atoms with Crippen molar-refractivity contribution in [3.05, 3.63) is 39.9 Å². The summed E-state index contributed by atoms with van der Waals surface area (Å²) in [5.41, 5.74) is 6.20. The van der Waals surface area contributed by atoms with Gasteiger partial charge in [-0.3, -0.25) is 0 Å². The highest BCUT2D eigenvalue weighted by Gasteiger charge is 1.99. The molecule has 1 nitrogen and oxygen atoms in total. The molecule has 0 spiro atoms. The lowest BCUT2D eigenvalue weighted by atomic mass is 10.2. The molecule has 0 unspecified atom stereocenters. The maximum Gasteiger partial charge on any atom is 0.0664 e. The molecule has 0 bridgehead atoms. The molecule has 0 saturated heterocycles. The lowest BCUT2D eigenvalue weighted by Gasteiger charge is -1.98. The first-order valence-electron chi connectivity index (χ1n) is 3.56. The van der Waals surface area contributed by atoms with Gasteiger partial charge in [0.2, 0.25) is 0 Å². The second kappa shape index (κ2) is 4.51. The normalized spacial score (nSPS) is 10.9. The summed E-state index contributed by atoms with van der Waals surface area (Å²) in [6.45, 7) is 0.503. The Morgan fingerprint density at radius 3 is 2.75 bits per heavy atom. The highest BCUT2D eigenvalue weighted by atomic mass is 35.5. The summed E-state index contributed by atoms with van der Waals surface area (Å²) in [6.07, 6.45) is 3.69. The Morgan fingerprint density at radius 1 is 1.33 bits per heavy atom. The molecule has 2 N–H and O–H groups in total. The minimum atomic E-state index is 0.503. The molecule has 12 heavy (non-hydrogen) atoms. The molecule has 0 atom stereocenters. The Labute approximate surface area is 81.8 Å². The zero-order valence-electron chi connectivity index (χ0n) is 6.43. The molecule has 0 aliphatic rings. The van der Waals surface area contributed by atoms with Gasteiger partial charge < -0.3 is 5.73 Å². The van der Waals surface area contributed by atoms with Gasteiger partial charge in [0.05, 0.1) is 10.0 Å². The van der Waals surface area contributed by atoms with E-state index in [1.165, 1.54) is 0 Å². The molecular weight excluding hydrogens is 193 g/mol. The standard InChI is InChI=1S/C9H9Cl2N/c10-8-5-1-3-7(9(8)11)4-2-6-12/h1-5H,6,12H2. The third kappa shape index (κ3) is 2.24. The van der Waals surface area contributed by atoms with Crippen molar-refractivity contribution in [2.45, 2.75) is 0 Å². The number of hydrogen-bond acceptors (Lipinski definition) is 1. The summed E-state index contributed by atoms with van der Waals surface area (Å²) in [6, 6.07) is 5.49. The van der Waals surface area contributed by atoms with Crippen molar-refractivity contribution >= 4 is 29.3 Å². The highest BCUT2D eigenvalue weighted by Crippen LogP contribution is 2.26. The van der Waals surface area contributed by atoms with Crippen LogP contribution in [0.4, 0.5) is 0 Å². The van der Waals surface area contributed by atoms with Crippen molar-refractivity contribution < 1.29 is 0 Å². The van der Waals surface area contributed by atoms with Gasteiger partial charge in [-0.2, -0.15) is 0 Å². The van der Waals surface area contributed by atoms with Gasteiger partial charge in [-0.1, -0.05) is 47.5 Å². The van der Waals surface area contributed by atoms with E-state index in [2.05, 4.69) is 0 Å². The number of benzene rings is 1. The van der Waals surface area contributed by atoms with Gasteiger partial charge in [-0.05, 0) is 11.6 Å². The van der Waals surface area contributed by atoms with Crippen LogP contribution in [-0.4, -0.2) is 6.54 Å². The molecule has 3 heteroatoms. The van der Waals surface area contributed by atoms with Crippen molar-refractivity contribution in [1.29, 1.82) is 0 Å². The summed E-state index contributed by atoms with van der Waals surface area (Å²) in [5, 5.41) is 1.14. The van der Waals surface area contributed by atoms with Crippen LogP contribution in [0.1, 0.15) is 5.56 Å². The molecular formula is C9H9Cl2N. The van der Waals surface area contributed by atoms with Crippen molar-refractivity contribution in [3.8, 4) is 0 Å². The molecule has 0 radical (unpaired) electrons. The monoisotopic (exact) mass is 201 g/mol. The van der Waals surface area contributed by atoms with Gasteiger partial charge in [-0.15, -0.1) is 0 Å². The number of rotatable bonds is 2. The van der Waals surface area contributed by atoms with Crippen molar-refractivity contribution in [3.63, 3.8) is 0 Å². The Morgan fingerprint density at radius 2 is 2.08 bits per heavy atom. The SMILES string of the molecule is NCC=Cc1cccc(Cl)c1Cl. The van der Waals surface area contributed by atoms with E-state index in [4.69, 9.17) is 28.9 Å². The Kier molecular flexibility index (Phi) is 3.60. The first kappa shape index (κ1) is 9.59. The molecule has 1 rings (SSSR count). The van der Waals surface area contributed by atoms with E-state index < -0.39 is 0 Å². The van der Waals surface area contributed by atoms with Crippen LogP contribution < -0.4 is 5.73 Å². The van der Waals surface area contributed by atoms with Crippen LogP contribution in [0.3, 0.4) is 0 Å². The number of halogens is 2. The van der Waals surface area contributed by atoms with Crippen molar-refractivity contribution in [2.24, 2.45) is 5.73 Å². The zero-order chi connectivity index (χ0) is 8.97. The lowest BCUT2D eigenvalue weighted by molar-refractivity contribution is 1.26. The molecule has 1 aromatic carbocycles. The topological polar surface area (TPSA) is 26.0 Å². The van der Waals surface area contributed by atoms with Crippen LogP contribution >= 0.6 is 23.2 Å². The van der Waals surface area contributed by atoms with E-state index in [0.29, 0.717) is 16.6 Å². The fraction of sp³-hybridized carbons (Fsp3) is 0.111. The Bertz CT molecular complexity index is 295. The van der Waals surface area contributed by atoms with Crippen LogP contribution in [0.5, 0.6) is 0 Å². The summed E-state index contributed by atoms with van der Waals surface area (Å²) >= 11 is 11.7. The molecule has 0 heterocycles. The van der Waals surface area contributed by atoms with Crippen molar-refractivity contribution in [1.82, 2.24) is 0 Å². The van der Waals surface area contributed by atoms with Gasteiger partial charge >= 0.3 is 0 Å². The molecule has 0 aliphatic carbocycles. The van der Waals surface area contributed by atoms with Crippen molar-refractivity contribution in [2.75, 3.05) is 6.54 Å². The summed E-state index contributed by atoms with van der Waals surface area (Å²) in [5.74, 6) is 0. The summed E-state index contributed by atoms with van der Waals surface area (Å²) < 4.78 is 0. The highest BCUT2D eigenvalue weighted by molar-refractivity contribution is 6.42. The number of hydrogen-bond donors (Lipinski definition) is 1. The number of nitrogens with two attached hydrogens (primary N) is 1. The van der Waals surface area contributed by atoms with Crippen LogP contribution in [0.25, 0.3) is 6.08 Å². The van der Waals surface area contributed by atoms with Crippen LogP contribution in [0.2, 0.25) is 10.0 Å². The zero-order valence-corrected chi connectivity index (χ0v) is 7.94. The third-order valence-electron chi connectivity index (χ3n) is 1.41. The maximum atomic E-state index is 5.90. The van der Waals surface area contributed by atoms with Gasteiger partial charge in [0.15, 0.2) is 0 Å². The second-order valence-electron chi connectivity index (χ2n) is 2.28. The molecule has 0 aromatic heterocycles. The first-order chi connectivity index (χ1) is 5.75. The maximum absolute atomic E-state index is 5.90. The minimum absolute atomic E-state index is 0.503. The van der Waals surface area contributed by atoms with E-state index >= 15 is 0 Å². The average molecular weight is 202 g/mol. The molecule has 0 aliphatic heterocycles. The van der Waals surface area contributed by atoms with Gasteiger partial charge in [0.1, 0.15) is 0 Å². The lowest BCUT2D eigenvalue weighted by Crippen LogP contribution is -1.92. The molecule has 1 aromatic rings. The fourth-order valence-corrected chi connectivity index (χ4v) is 1.22. The van der Waals surface area contributed by atoms with Gasteiger partial charge in [0.25, 0.3) is 0 Å². The molecule has 0 saturated carbocycles.